The predicted octanol–water partition coefficient (Wildman–Crippen LogP) is 3.68. The lowest BCUT2D eigenvalue weighted by atomic mass is 10.2. The second-order valence-corrected chi connectivity index (χ2v) is 4.66. The van der Waals surface area contributed by atoms with Crippen molar-refractivity contribution < 1.29 is 18.7 Å². The van der Waals surface area contributed by atoms with Crippen molar-refractivity contribution in [2.45, 2.75) is 26.9 Å². The molecule has 1 aliphatic carbocycles. The van der Waals surface area contributed by atoms with Crippen molar-refractivity contribution in [2.24, 2.45) is 0 Å². The quantitative estimate of drug-likeness (QED) is 0.786. The van der Waals surface area contributed by atoms with Gasteiger partial charge in [0, 0.05) is 5.56 Å². The minimum Gasteiger partial charge on any atom is -0.489 e. The molecule has 0 amide bonds. The Morgan fingerprint density at radius 3 is 2.90 bits per heavy atom. The largest absolute Gasteiger partial charge is 0.489 e. The van der Waals surface area contributed by atoms with E-state index in [1.807, 2.05) is 18.2 Å². The molecule has 0 atom stereocenters. The zero-order valence-corrected chi connectivity index (χ0v) is 11.9. The van der Waals surface area contributed by atoms with Crippen molar-refractivity contribution in [3.05, 3.63) is 58.8 Å². The van der Waals surface area contributed by atoms with Crippen LogP contribution in [0.2, 0.25) is 0 Å². The molecule has 106 valence electrons. The van der Waals surface area contributed by atoms with E-state index in [0.717, 1.165) is 17.7 Å². The molecule has 0 aromatic carbocycles. The Morgan fingerprint density at radius 2 is 2.15 bits per heavy atom. The first-order chi connectivity index (χ1) is 9.60. The number of furan rings is 1. The lowest BCUT2D eigenvalue weighted by Crippen LogP contribution is -1.98. The molecule has 0 fully saturated rings. The number of methoxy groups -OCH3 is 1. The van der Waals surface area contributed by atoms with Crippen molar-refractivity contribution in [2.75, 3.05) is 7.11 Å². The van der Waals surface area contributed by atoms with Crippen LogP contribution in [-0.4, -0.2) is 13.1 Å². The molecule has 1 heterocycles. The van der Waals surface area contributed by atoms with E-state index < -0.39 is 5.97 Å². The van der Waals surface area contributed by atoms with Gasteiger partial charge in [0.25, 0.3) is 0 Å². The summed E-state index contributed by atoms with van der Waals surface area (Å²) >= 11 is 0. The molecule has 1 aromatic heterocycles. The fraction of sp³-hybridized carbons (Fsp3) is 0.312. The zero-order valence-electron chi connectivity index (χ0n) is 11.9. The highest BCUT2D eigenvalue weighted by molar-refractivity contribution is 5.86. The molecule has 0 unspecified atom stereocenters. The number of rotatable bonds is 4. The Bertz CT molecular complexity index is 588. The summed E-state index contributed by atoms with van der Waals surface area (Å²) in [6.45, 7) is 4.23. The Balaban J connectivity index is 2.04. The highest BCUT2D eigenvalue weighted by atomic mass is 16.5. The Labute approximate surface area is 118 Å². The summed E-state index contributed by atoms with van der Waals surface area (Å²) < 4.78 is 15.7. The molecule has 2 rings (SSSR count). The summed E-state index contributed by atoms with van der Waals surface area (Å²) in [6.07, 6.45) is 8.92. The second kappa shape index (κ2) is 6.28. The highest BCUT2D eigenvalue weighted by Gasteiger charge is 2.15. The molecule has 0 saturated heterocycles. The van der Waals surface area contributed by atoms with Crippen molar-refractivity contribution in [1.29, 1.82) is 0 Å². The van der Waals surface area contributed by atoms with Crippen LogP contribution in [0.4, 0.5) is 0 Å². The van der Waals surface area contributed by atoms with Crippen LogP contribution >= 0.6 is 0 Å². The van der Waals surface area contributed by atoms with Gasteiger partial charge in [-0.3, -0.25) is 0 Å². The van der Waals surface area contributed by atoms with Gasteiger partial charge in [-0.25, -0.2) is 4.79 Å². The Morgan fingerprint density at radius 1 is 1.35 bits per heavy atom. The standard InChI is InChI=1S/C16H18O4/c1-11-5-4-6-14(8-7-11)19-10-13-9-15(16(17)18-3)20-12(13)2/h4,6-9H,5,10H2,1-3H3. The molecule has 0 radical (unpaired) electrons. The van der Waals surface area contributed by atoms with E-state index in [9.17, 15) is 4.79 Å². The van der Waals surface area contributed by atoms with Crippen LogP contribution in [0.25, 0.3) is 0 Å². The summed E-state index contributed by atoms with van der Waals surface area (Å²) in [7, 11) is 1.33. The van der Waals surface area contributed by atoms with Gasteiger partial charge in [-0.05, 0) is 38.5 Å². The zero-order chi connectivity index (χ0) is 14.5. The third kappa shape index (κ3) is 3.41. The summed E-state index contributed by atoms with van der Waals surface area (Å²) in [5.41, 5.74) is 2.12. The molecule has 20 heavy (non-hydrogen) atoms. The van der Waals surface area contributed by atoms with Crippen LogP contribution in [0.5, 0.6) is 0 Å². The maximum Gasteiger partial charge on any atom is 0.373 e. The number of aryl methyl sites for hydroxylation is 1. The third-order valence-electron chi connectivity index (χ3n) is 3.06. The van der Waals surface area contributed by atoms with Gasteiger partial charge < -0.3 is 13.9 Å². The van der Waals surface area contributed by atoms with Gasteiger partial charge in [0.2, 0.25) is 5.76 Å². The average molecular weight is 274 g/mol. The van der Waals surface area contributed by atoms with Crippen LogP contribution in [0.3, 0.4) is 0 Å². The lowest BCUT2D eigenvalue weighted by Gasteiger charge is -2.04. The molecule has 0 saturated carbocycles. The molecular weight excluding hydrogens is 256 g/mol. The molecular formula is C16H18O4. The molecule has 0 N–H and O–H groups in total. The molecule has 0 spiro atoms. The van der Waals surface area contributed by atoms with Crippen molar-refractivity contribution in [1.82, 2.24) is 0 Å². The number of allylic oxidation sites excluding steroid dienone is 5. The van der Waals surface area contributed by atoms with E-state index in [4.69, 9.17) is 9.15 Å². The van der Waals surface area contributed by atoms with E-state index >= 15 is 0 Å². The van der Waals surface area contributed by atoms with Gasteiger partial charge in [-0.1, -0.05) is 17.7 Å². The van der Waals surface area contributed by atoms with Gasteiger partial charge in [0.05, 0.1) is 7.11 Å². The smallest absolute Gasteiger partial charge is 0.373 e. The Kier molecular flexibility index (Phi) is 4.45. The molecule has 4 nitrogen and oxygen atoms in total. The van der Waals surface area contributed by atoms with Gasteiger partial charge in [-0.2, -0.15) is 0 Å². The molecule has 4 heteroatoms. The summed E-state index contributed by atoms with van der Waals surface area (Å²) in [6, 6.07) is 1.66. The van der Waals surface area contributed by atoms with E-state index in [-0.39, 0.29) is 5.76 Å². The number of hydrogen-bond acceptors (Lipinski definition) is 4. The van der Waals surface area contributed by atoms with Crippen LogP contribution in [0.15, 0.2) is 46.1 Å². The highest BCUT2D eigenvalue weighted by Crippen LogP contribution is 2.19. The van der Waals surface area contributed by atoms with Crippen LogP contribution in [-0.2, 0) is 16.1 Å². The van der Waals surface area contributed by atoms with Gasteiger partial charge >= 0.3 is 5.97 Å². The van der Waals surface area contributed by atoms with Crippen molar-refractivity contribution in [3.8, 4) is 0 Å². The predicted molar refractivity (Wildman–Crippen MR) is 75.2 cm³/mol. The normalized spacial score (nSPS) is 14.3. The van der Waals surface area contributed by atoms with Crippen LogP contribution < -0.4 is 0 Å². The fourth-order valence-electron chi connectivity index (χ4n) is 1.83. The monoisotopic (exact) mass is 274 g/mol. The summed E-state index contributed by atoms with van der Waals surface area (Å²) in [4.78, 5) is 11.4. The maximum absolute atomic E-state index is 11.4. The Hall–Kier alpha value is -2.23. The second-order valence-electron chi connectivity index (χ2n) is 4.66. The van der Waals surface area contributed by atoms with Crippen LogP contribution in [0, 0.1) is 6.92 Å². The lowest BCUT2D eigenvalue weighted by molar-refractivity contribution is 0.0563. The minimum absolute atomic E-state index is 0.199. The van der Waals surface area contributed by atoms with Crippen molar-refractivity contribution in [3.63, 3.8) is 0 Å². The van der Waals surface area contributed by atoms with E-state index in [2.05, 4.69) is 17.7 Å². The van der Waals surface area contributed by atoms with E-state index in [1.54, 1.807) is 13.0 Å². The number of ether oxygens (including phenoxy) is 2. The van der Waals surface area contributed by atoms with Gasteiger partial charge in [0.15, 0.2) is 0 Å². The first-order valence-corrected chi connectivity index (χ1v) is 6.44. The SMILES string of the molecule is COC(=O)c1cc(COC2=CC=C(C)CC=C2)c(C)o1. The molecule has 1 aromatic rings. The van der Waals surface area contributed by atoms with Crippen molar-refractivity contribution >= 4 is 5.97 Å². The summed E-state index contributed by atoms with van der Waals surface area (Å²) in [5.74, 6) is 1.17. The van der Waals surface area contributed by atoms with E-state index in [0.29, 0.717) is 12.4 Å². The molecule has 1 aliphatic rings. The number of carbonyl (C=O) groups is 1. The first kappa shape index (κ1) is 14.2. The molecule has 0 bridgehead atoms. The number of esters is 1. The molecule has 0 aliphatic heterocycles. The van der Waals surface area contributed by atoms with Gasteiger partial charge in [0.1, 0.15) is 18.1 Å². The first-order valence-electron chi connectivity index (χ1n) is 6.44. The third-order valence-corrected chi connectivity index (χ3v) is 3.06. The van der Waals surface area contributed by atoms with E-state index in [1.165, 1.54) is 12.7 Å². The topological polar surface area (TPSA) is 48.7 Å². The fourth-order valence-corrected chi connectivity index (χ4v) is 1.83. The van der Waals surface area contributed by atoms with Crippen LogP contribution in [0.1, 0.15) is 35.2 Å². The average Bonchev–Trinajstić information content (AvgIpc) is 2.68. The number of carbonyl (C=O) groups excluding carboxylic acids is 1. The number of hydrogen-bond donors (Lipinski definition) is 0. The minimum atomic E-state index is -0.480. The summed E-state index contributed by atoms with van der Waals surface area (Å²) in [5, 5.41) is 0. The van der Waals surface area contributed by atoms with Gasteiger partial charge in [-0.15, -0.1) is 0 Å². The maximum atomic E-state index is 11.4.